The summed E-state index contributed by atoms with van der Waals surface area (Å²) in [7, 11) is -4.56. The maximum Gasteiger partial charge on any atom is 0.416 e. The van der Waals surface area contributed by atoms with Gasteiger partial charge in [0.25, 0.3) is 10.0 Å². The van der Waals surface area contributed by atoms with Crippen LogP contribution in [-0.4, -0.2) is 63.6 Å². The van der Waals surface area contributed by atoms with E-state index in [0.717, 1.165) is 12.1 Å². The van der Waals surface area contributed by atoms with E-state index in [1.165, 1.54) is 29.2 Å². The summed E-state index contributed by atoms with van der Waals surface area (Å²) in [6, 6.07) is 6.70. The molecule has 2 N–H and O–H groups in total. The van der Waals surface area contributed by atoms with E-state index < -0.39 is 58.1 Å². The first-order valence-corrected chi connectivity index (χ1v) is 15.0. The van der Waals surface area contributed by atoms with Crippen molar-refractivity contribution in [2.75, 3.05) is 37.2 Å². The number of amides is 3. The van der Waals surface area contributed by atoms with Gasteiger partial charge in [-0.2, -0.15) is 13.2 Å². The lowest BCUT2D eigenvalue weighted by molar-refractivity contribution is -0.137. The number of carbonyl (C=O) groups excluding carboxylic acids is 2. The number of anilines is 1. The fourth-order valence-electron chi connectivity index (χ4n) is 4.56. The molecule has 1 aliphatic heterocycles. The quantitative estimate of drug-likeness (QED) is 0.367. The Morgan fingerprint density at radius 1 is 1.10 bits per heavy atom. The highest BCUT2D eigenvalue weighted by Gasteiger charge is 2.44. The lowest BCUT2D eigenvalue weighted by Gasteiger charge is -2.35. The molecule has 0 spiro atoms. The number of nitrogens with zero attached hydrogens (tertiary/aromatic N) is 2. The number of halogens is 6. The fourth-order valence-corrected chi connectivity index (χ4v) is 6.38. The molecule has 1 heterocycles. The van der Waals surface area contributed by atoms with Crippen LogP contribution in [0.5, 0.6) is 0 Å². The Balaban J connectivity index is 1.54. The zero-order chi connectivity index (χ0) is 30.0. The first kappa shape index (κ1) is 31.2. The smallest absolute Gasteiger partial charge is 0.341 e. The molecule has 15 heteroatoms. The second kappa shape index (κ2) is 12.2. The molecule has 1 saturated heterocycles. The summed E-state index contributed by atoms with van der Waals surface area (Å²) in [5, 5.41) is 5.25. The van der Waals surface area contributed by atoms with Crippen LogP contribution in [0.4, 0.5) is 28.0 Å². The van der Waals surface area contributed by atoms with Crippen molar-refractivity contribution in [3.05, 3.63) is 58.1 Å². The summed E-state index contributed by atoms with van der Waals surface area (Å²) < 4.78 is 81.5. The van der Waals surface area contributed by atoms with Gasteiger partial charge in [0.15, 0.2) is 0 Å². The van der Waals surface area contributed by atoms with Gasteiger partial charge in [0.2, 0.25) is 5.91 Å². The Hall–Kier alpha value is -2.77. The van der Waals surface area contributed by atoms with Crippen molar-refractivity contribution < 1.29 is 35.6 Å². The minimum absolute atomic E-state index is 0.169. The number of rotatable bonds is 9. The highest BCUT2D eigenvalue weighted by atomic mass is 35.5. The predicted molar refractivity (Wildman–Crippen MR) is 146 cm³/mol. The third kappa shape index (κ3) is 7.55. The van der Waals surface area contributed by atoms with Gasteiger partial charge in [-0.15, -0.1) is 0 Å². The largest absolute Gasteiger partial charge is 0.416 e. The standard InChI is InChI=1S/C26H28Cl2F4N4O4S/c27-19-4-6-20(7-5-19)41(39,40)36(22-12-18(26(30,31)32)3-8-21(22)28)15-23(37)35-11-1-2-17(14-35)13-33-24(38)34-25(16-29)9-10-25/h3-8,12,17H,1-2,9-11,13-16H2,(H2,33,34,38). The second-order valence-corrected chi connectivity index (χ2v) is 12.9. The minimum atomic E-state index is -4.79. The molecule has 0 radical (unpaired) electrons. The molecule has 2 fully saturated rings. The van der Waals surface area contributed by atoms with E-state index in [9.17, 15) is 35.6 Å². The van der Waals surface area contributed by atoms with Gasteiger partial charge in [-0.3, -0.25) is 9.10 Å². The van der Waals surface area contributed by atoms with E-state index >= 15 is 0 Å². The fraction of sp³-hybridized carbons (Fsp3) is 0.462. The van der Waals surface area contributed by atoms with Crippen molar-refractivity contribution in [3.8, 4) is 0 Å². The number of sulfonamides is 1. The Labute approximate surface area is 245 Å². The zero-order valence-electron chi connectivity index (χ0n) is 21.7. The van der Waals surface area contributed by atoms with Gasteiger partial charge in [0.1, 0.15) is 13.2 Å². The van der Waals surface area contributed by atoms with Crippen molar-refractivity contribution in [2.24, 2.45) is 5.92 Å². The molecule has 1 saturated carbocycles. The summed E-state index contributed by atoms with van der Waals surface area (Å²) in [6.07, 6.45) is -2.43. The number of nitrogens with one attached hydrogen (secondary N) is 2. The number of hydrogen-bond donors (Lipinski definition) is 2. The molecule has 0 bridgehead atoms. The molecular formula is C26H28Cl2F4N4O4S. The monoisotopic (exact) mass is 638 g/mol. The Kier molecular flexibility index (Phi) is 9.29. The van der Waals surface area contributed by atoms with Gasteiger partial charge in [-0.25, -0.2) is 17.6 Å². The normalized spacial score (nSPS) is 18.5. The summed E-state index contributed by atoms with van der Waals surface area (Å²) >= 11 is 12.1. The van der Waals surface area contributed by atoms with Gasteiger partial charge in [-0.05, 0) is 74.1 Å². The van der Waals surface area contributed by atoms with Crippen LogP contribution in [0, 0.1) is 5.92 Å². The van der Waals surface area contributed by atoms with E-state index in [4.69, 9.17) is 23.2 Å². The average Bonchev–Trinajstić information content (AvgIpc) is 3.70. The Morgan fingerprint density at radius 2 is 1.78 bits per heavy atom. The molecule has 0 aromatic heterocycles. The van der Waals surface area contributed by atoms with E-state index in [1.54, 1.807) is 0 Å². The van der Waals surface area contributed by atoms with Crippen molar-refractivity contribution >= 4 is 50.9 Å². The van der Waals surface area contributed by atoms with Crippen LogP contribution in [0.25, 0.3) is 0 Å². The van der Waals surface area contributed by atoms with Crippen molar-refractivity contribution in [1.82, 2.24) is 15.5 Å². The maximum atomic E-state index is 13.7. The Bertz CT molecular complexity index is 1390. The van der Waals surface area contributed by atoms with Crippen LogP contribution in [-0.2, 0) is 21.0 Å². The van der Waals surface area contributed by atoms with Crippen molar-refractivity contribution in [1.29, 1.82) is 0 Å². The molecule has 2 aromatic carbocycles. The number of alkyl halides is 4. The first-order chi connectivity index (χ1) is 19.2. The zero-order valence-corrected chi connectivity index (χ0v) is 24.0. The van der Waals surface area contributed by atoms with Gasteiger partial charge in [0.05, 0.1) is 26.7 Å². The van der Waals surface area contributed by atoms with Crippen molar-refractivity contribution in [3.63, 3.8) is 0 Å². The minimum Gasteiger partial charge on any atom is -0.341 e. The molecule has 1 unspecified atom stereocenters. The molecule has 4 rings (SSSR count). The molecule has 2 aliphatic rings. The third-order valence-electron chi connectivity index (χ3n) is 7.13. The molecule has 3 amide bonds. The Morgan fingerprint density at radius 3 is 2.39 bits per heavy atom. The van der Waals surface area contributed by atoms with Crippen LogP contribution < -0.4 is 14.9 Å². The molecular weight excluding hydrogens is 611 g/mol. The van der Waals surface area contributed by atoms with Gasteiger partial charge < -0.3 is 15.5 Å². The molecule has 224 valence electrons. The lowest BCUT2D eigenvalue weighted by atomic mass is 9.98. The molecule has 2 aromatic rings. The summed E-state index contributed by atoms with van der Waals surface area (Å²) in [4.78, 5) is 26.7. The first-order valence-electron chi connectivity index (χ1n) is 12.8. The third-order valence-corrected chi connectivity index (χ3v) is 9.48. The number of likely N-dealkylation sites (tertiary alicyclic amines) is 1. The van der Waals surface area contributed by atoms with Crippen LogP contribution in [0.3, 0.4) is 0 Å². The van der Waals surface area contributed by atoms with Crippen LogP contribution >= 0.6 is 23.2 Å². The highest BCUT2D eigenvalue weighted by Crippen LogP contribution is 2.38. The molecule has 1 aliphatic carbocycles. The molecule has 41 heavy (non-hydrogen) atoms. The lowest BCUT2D eigenvalue weighted by Crippen LogP contribution is -2.50. The summed E-state index contributed by atoms with van der Waals surface area (Å²) in [6.45, 7) is -0.802. The molecule has 1 atom stereocenters. The van der Waals surface area contributed by atoms with E-state index in [2.05, 4.69) is 10.6 Å². The number of urea groups is 1. The topological polar surface area (TPSA) is 98.8 Å². The van der Waals surface area contributed by atoms with Gasteiger partial charge in [-0.1, -0.05) is 23.2 Å². The highest BCUT2D eigenvalue weighted by molar-refractivity contribution is 7.92. The van der Waals surface area contributed by atoms with E-state index in [0.29, 0.717) is 36.1 Å². The number of carbonyl (C=O) groups is 2. The number of piperidine rings is 1. The SMILES string of the molecule is O=C(NCC1CCCN(C(=O)CN(c2cc(C(F)(F)F)ccc2Cl)S(=O)(=O)c2ccc(Cl)cc2)C1)NC1(CF)CC1. The van der Waals surface area contributed by atoms with Gasteiger partial charge >= 0.3 is 12.2 Å². The van der Waals surface area contributed by atoms with E-state index in [-0.39, 0.29) is 40.5 Å². The van der Waals surface area contributed by atoms with Crippen LogP contribution in [0.15, 0.2) is 47.4 Å². The summed E-state index contributed by atoms with van der Waals surface area (Å²) in [5.41, 5.74) is -2.44. The van der Waals surface area contributed by atoms with Crippen LogP contribution in [0.2, 0.25) is 10.0 Å². The predicted octanol–water partition coefficient (Wildman–Crippen LogP) is 5.25. The second-order valence-electron chi connectivity index (χ2n) is 10.2. The van der Waals surface area contributed by atoms with Crippen molar-refractivity contribution in [2.45, 2.75) is 42.3 Å². The maximum absolute atomic E-state index is 13.7. The van der Waals surface area contributed by atoms with Crippen LogP contribution in [0.1, 0.15) is 31.2 Å². The summed E-state index contributed by atoms with van der Waals surface area (Å²) in [5.74, 6) is -0.822. The molecule has 8 nitrogen and oxygen atoms in total. The number of benzene rings is 2. The number of hydrogen-bond acceptors (Lipinski definition) is 4. The average molecular weight is 639 g/mol. The van der Waals surface area contributed by atoms with E-state index in [1.807, 2.05) is 0 Å². The van der Waals surface area contributed by atoms with Gasteiger partial charge in [0, 0.05) is 24.7 Å².